The van der Waals surface area contributed by atoms with Gasteiger partial charge in [-0.3, -0.25) is 4.79 Å². The van der Waals surface area contributed by atoms with Gasteiger partial charge in [0, 0.05) is 13.1 Å². The van der Waals surface area contributed by atoms with Crippen LogP contribution in [0.4, 0.5) is 0 Å². The van der Waals surface area contributed by atoms with E-state index in [2.05, 4.69) is 10.6 Å². The Kier molecular flexibility index (Phi) is 1.48. The molecule has 1 aliphatic rings. The van der Waals surface area contributed by atoms with Gasteiger partial charge in [-0.25, -0.2) is 10.5 Å². The molecule has 1 aliphatic heterocycles. The Hall–Kier alpha value is -1.32. The zero-order valence-corrected chi connectivity index (χ0v) is 5.03. The van der Waals surface area contributed by atoms with Crippen LogP contribution in [0.5, 0.6) is 0 Å². The molecule has 0 atom stereocenters. The minimum atomic E-state index is -0.0805. The summed E-state index contributed by atoms with van der Waals surface area (Å²) >= 11 is 0. The number of rotatable bonds is 0. The van der Waals surface area contributed by atoms with Crippen molar-refractivity contribution >= 4 is 12.1 Å². The number of carbonyl (C=O) groups excluding carboxylic acids is 1. The summed E-state index contributed by atoms with van der Waals surface area (Å²) in [7, 11) is 0. The molecule has 1 rings (SSSR count). The summed E-state index contributed by atoms with van der Waals surface area (Å²) < 4.78 is 0. The first-order valence-electron chi connectivity index (χ1n) is 2.56. The van der Waals surface area contributed by atoms with Gasteiger partial charge < -0.3 is 0 Å². The Morgan fingerprint density at radius 2 is 2.56 bits per heavy atom. The third-order valence-electron chi connectivity index (χ3n) is 0.900. The van der Waals surface area contributed by atoms with E-state index >= 15 is 0 Å². The Labute approximate surface area is 52.8 Å². The van der Waals surface area contributed by atoms with Crippen molar-refractivity contribution in [2.45, 2.75) is 6.92 Å². The highest BCUT2D eigenvalue weighted by atomic mass is 16.2. The van der Waals surface area contributed by atoms with E-state index < -0.39 is 0 Å². The lowest BCUT2D eigenvalue weighted by molar-refractivity contribution is -0.128. The van der Waals surface area contributed by atoms with Crippen molar-refractivity contribution in [3.63, 3.8) is 0 Å². The molecule has 4 nitrogen and oxygen atoms in total. The smallest absolute Gasteiger partial charge is 0.243 e. The Morgan fingerprint density at radius 3 is 2.89 bits per heavy atom. The first kappa shape index (κ1) is 5.81. The van der Waals surface area contributed by atoms with Crippen molar-refractivity contribution in [3.05, 3.63) is 12.3 Å². The van der Waals surface area contributed by atoms with Crippen molar-refractivity contribution < 1.29 is 4.79 Å². The topological polar surface area (TPSA) is 44.7 Å². The van der Waals surface area contributed by atoms with Crippen LogP contribution in [0.3, 0.4) is 0 Å². The van der Waals surface area contributed by atoms with Gasteiger partial charge in [-0.15, -0.1) is 0 Å². The number of nitrogens with zero attached hydrogens (tertiary/aromatic N) is 2. The Balaban J connectivity index is 2.56. The maximum atomic E-state index is 10.5. The van der Waals surface area contributed by atoms with Gasteiger partial charge in [0.15, 0.2) is 0 Å². The fraction of sp³-hybridized carbons (Fsp3) is 0.200. The van der Waals surface area contributed by atoms with E-state index in [0.717, 1.165) is 0 Å². The van der Waals surface area contributed by atoms with E-state index in [1.54, 1.807) is 18.5 Å². The molecule has 0 bridgehead atoms. The molecule has 0 saturated heterocycles. The molecule has 0 radical (unpaired) electrons. The molecule has 1 heterocycles. The average Bonchev–Trinajstić information content (AvgIpc) is 1.90. The monoisotopic (exact) mass is 125 g/mol. The fourth-order valence-corrected chi connectivity index (χ4v) is 0.472. The third-order valence-corrected chi connectivity index (χ3v) is 0.900. The molecule has 4 heteroatoms. The summed E-state index contributed by atoms with van der Waals surface area (Å²) in [5.74, 6) is -0.0805. The molecule has 0 aliphatic carbocycles. The molecular weight excluding hydrogens is 118 g/mol. The standard InChI is InChI=1S/C5H7N3O/c1-5(9)8-4-2-3-6-7-8/h2-4,7H,1H3. The van der Waals surface area contributed by atoms with Gasteiger partial charge in [0.1, 0.15) is 0 Å². The number of hydrazine groups is 1. The van der Waals surface area contributed by atoms with Gasteiger partial charge in [0.25, 0.3) is 0 Å². The first-order chi connectivity index (χ1) is 4.30. The van der Waals surface area contributed by atoms with Crippen LogP contribution >= 0.6 is 0 Å². The second-order valence-corrected chi connectivity index (χ2v) is 1.61. The van der Waals surface area contributed by atoms with Gasteiger partial charge in [-0.2, -0.15) is 5.10 Å². The minimum absolute atomic E-state index is 0.0805. The zero-order valence-electron chi connectivity index (χ0n) is 5.03. The lowest BCUT2D eigenvalue weighted by Gasteiger charge is -2.15. The highest BCUT2D eigenvalue weighted by molar-refractivity contribution is 5.77. The van der Waals surface area contributed by atoms with Crippen molar-refractivity contribution in [1.82, 2.24) is 10.5 Å². The van der Waals surface area contributed by atoms with Crippen LogP contribution in [-0.4, -0.2) is 17.1 Å². The molecule has 0 saturated carbocycles. The van der Waals surface area contributed by atoms with Crippen molar-refractivity contribution in [1.29, 1.82) is 0 Å². The van der Waals surface area contributed by atoms with E-state index in [9.17, 15) is 4.79 Å². The molecule has 0 fully saturated rings. The molecule has 9 heavy (non-hydrogen) atoms. The van der Waals surface area contributed by atoms with Crippen LogP contribution < -0.4 is 5.53 Å². The predicted octanol–water partition coefficient (Wildman–Crippen LogP) is -0.147. The first-order valence-corrected chi connectivity index (χ1v) is 2.56. The fourth-order valence-electron chi connectivity index (χ4n) is 0.472. The highest BCUT2D eigenvalue weighted by Crippen LogP contribution is 1.88. The molecule has 1 N–H and O–H groups in total. The van der Waals surface area contributed by atoms with Crippen molar-refractivity contribution in [2.24, 2.45) is 5.10 Å². The zero-order chi connectivity index (χ0) is 6.69. The normalized spacial score (nSPS) is 15.4. The highest BCUT2D eigenvalue weighted by Gasteiger charge is 2.02. The van der Waals surface area contributed by atoms with E-state index in [0.29, 0.717) is 0 Å². The average molecular weight is 125 g/mol. The number of carbonyl (C=O) groups is 1. The van der Waals surface area contributed by atoms with Crippen LogP contribution in [0.25, 0.3) is 0 Å². The van der Waals surface area contributed by atoms with E-state index in [-0.39, 0.29) is 5.91 Å². The summed E-state index contributed by atoms with van der Waals surface area (Å²) in [6, 6.07) is 0. The van der Waals surface area contributed by atoms with Gasteiger partial charge in [-0.05, 0) is 6.08 Å². The second kappa shape index (κ2) is 2.30. The lowest BCUT2D eigenvalue weighted by atomic mass is 10.6. The summed E-state index contributed by atoms with van der Waals surface area (Å²) in [4.78, 5) is 10.5. The molecule has 48 valence electrons. The second-order valence-electron chi connectivity index (χ2n) is 1.61. The number of hydrazone groups is 1. The van der Waals surface area contributed by atoms with Crippen LogP contribution in [0.1, 0.15) is 6.92 Å². The van der Waals surface area contributed by atoms with Crippen LogP contribution in [-0.2, 0) is 4.79 Å². The van der Waals surface area contributed by atoms with Crippen molar-refractivity contribution in [3.8, 4) is 0 Å². The number of nitrogens with one attached hydrogen (secondary N) is 1. The molecule has 0 unspecified atom stereocenters. The molecule has 0 spiro atoms. The van der Waals surface area contributed by atoms with Gasteiger partial charge in [0.2, 0.25) is 5.91 Å². The van der Waals surface area contributed by atoms with Gasteiger partial charge in [0.05, 0.1) is 6.21 Å². The molecule has 0 aromatic rings. The summed E-state index contributed by atoms with van der Waals surface area (Å²) in [5, 5.41) is 4.91. The minimum Gasteiger partial charge on any atom is -0.273 e. The molecule has 0 aromatic carbocycles. The van der Waals surface area contributed by atoms with E-state index in [4.69, 9.17) is 0 Å². The predicted molar refractivity (Wildman–Crippen MR) is 33.3 cm³/mol. The summed E-state index contributed by atoms with van der Waals surface area (Å²) in [6.45, 7) is 1.46. The summed E-state index contributed by atoms with van der Waals surface area (Å²) in [5.41, 5.74) is 2.48. The Bertz CT molecular complexity index is 173. The number of hydrogen-bond acceptors (Lipinski definition) is 3. The summed E-state index contributed by atoms with van der Waals surface area (Å²) in [6.07, 6.45) is 4.85. The Morgan fingerprint density at radius 1 is 1.78 bits per heavy atom. The van der Waals surface area contributed by atoms with Crippen LogP contribution in [0, 0.1) is 0 Å². The third kappa shape index (κ3) is 1.28. The molecule has 0 aromatic heterocycles. The molecular formula is C5H7N3O. The number of amides is 1. The SMILES string of the molecule is CC(=O)N1C=CC=NN1. The van der Waals surface area contributed by atoms with Crippen LogP contribution in [0.15, 0.2) is 17.4 Å². The lowest BCUT2D eigenvalue weighted by Crippen LogP contribution is -2.34. The molecule has 1 amide bonds. The van der Waals surface area contributed by atoms with Gasteiger partial charge >= 0.3 is 0 Å². The van der Waals surface area contributed by atoms with E-state index in [1.165, 1.54) is 11.9 Å². The van der Waals surface area contributed by atoms with E-state index in [1.807, 2.05) is 0 Å². The van der Waals surface area contributed by atoms with Gasteiger partial charge in [-0.1, -0.05) is 0 Å². The maximum Gasteiger partial charge on any atom is 0.243 e. The quantitative estimate of drug-likeness (QED) is 0.489. The number of allylic oxidation sites excluding steroid dienone is 1. The number of hydrogen-bond donors (Lipinski definition) is 1. The van der Waals surface area contributed by atoms with Crippen LogP contribution in [0.2, 0.25) is 0 Å². The maximum absolute atomic E-state index is 10.5. The largest absolute Gasteiger partial charge is 0.273 e. The van der Waals surface area contributed by atoms with Crippen molar-refractivity contribution in [2.75, 3.05) is 0 Å².